The molecule has 2 rings (SSSR count). The minimum Gasteiger partial charge on any atom is -0.394 e. The summed E-state index contributed by atoms with van der Waals surface area (Å²) in [6, 6.07) is 3.19. The fourth-order valence-corrected chi connectivity index (χ4v) is 2.13. The fraction of sp³-hybridized carbons (Fsp3) is 0.143. The minimum absolute atomic E-state index is 0.0177. The first-order valence-corrected chi connectivity index (χ1v) is 7.28. The van der Waals surface area contributed by atoms with Crippen molar-refractivity contribution in [2.75, 3.05) is 18.5 Å². The van der Waals surface area contributed by atoms with Gasteiger partial charge in [-0.05, 0) is 18.2 Å². The molecule has 1 amide bonds. The van der Waals surface area contributed by atoms with E-state index in [2.05, 4.69) is 15.1 Å². The lowest BCUT2D eigenvalue weighted by atomic mass is 10.1. The van der Waals surface area contributed by atoms with Crippen LogP contribution in [-0.4, -0.2) is 29.2 Å². The van der Waals surface area contributed by atoms with Crippen molar-refractivity contribution in [1.29, 1.82) is 0 Å². The molecule has 1 heterocycles. The molecule has 0 radical (unpaired) electrons. The summed E-state index contributed by atoms with van der Waals surface area (Å²) < 4.78 is 27.6. The molecular weight excluding hydrogens is 367 g/mol. The third-order valence-electron chi connectivity index (χ3n) is 2.75. The maximum atomic E-state index is 14.1. The van der Waals surface area contributed by atoms with Crippen LogP contribution in [0.4, 0.5) is 20.3 Å². The van der Waals surface area contributed by atoms with E-state index in [1.165, 1.54) is 12.3 Å². The Labute approximate surface area is 145 Å². The third kappa shape index (κ3) is 4.30. The zero-order chi connectivity index (χ0) is 17.7. The highest BCUT2D eigenvalue weighted by Crippen LogP contribution is 2.30. The molecule has 0 fully saturated rings. The topological polar surface area (TPSA) is 83.5 Å². The number of nitrogens with one attached hydrogen (secondary N) is 2. The first kappa shape index (κ1) is 18.3. The number of carbonyl (C=O) groups is 1. The Morgan fingerprint density at radius 1 is 1.33 bits per heavy atom. The van der Waals surface area contributed by atoms with Crippen LogP contribution in [0.5, 0.6) is 0 Å². The molecule has 0 spiro atoms. The Balaban J connectivity index is 2.36. The van der Waals surface area contributed by atoms with Crippen molar-refractivity contribution < 1.29 is 23.5 Å². The van der Waals surface area contributed by atoms with Crippen molar-refractivity contribution in [3.8, 4) is 0 Å². The van der Waals surface area contributed by atoms with Crippen LogP contribution in [0.15, 0.2) is 24.4 Å². The quantitative estimate of drug-likeness (QED) is 0.532. The van der Waals surface area contributed by atoms with Crippen molar-refractivity contribution in [1.82, 2.24) is 10.5 Å². The third-order valence-corrected chi connectivity index (χ3v) is 3.24. The number of amides is 1. The normalized spacial score (nSPS) is 10.5. The molecular formula is C14H11Cl2F2N3O3. The molecule has 0 aliphatic carbocycles. The molecule has 2 aromatic rings. The number of benzene rings is 1. The number of hydrogen-bond donors (Lipinski definition) is 3. The van der Waals surface area contributed by atoms with Crippen LogP contribution < -0.4 is 10.8 Å². The zero-order valence-electron chi connectivity index (χ0n) is 11.9. The van der Waals surface area contributed by atoms with Gasteiger partial charge in [0.1, 0.15) is 5.82 Å². The van der Waals surface area contributed by atoms with Gasteiger partial charge in [0.05, 0.1) is 34.5 Å². The van der Waals surface area contributed by atoms with Crippen LogP contribution in [0.3, 0.4) is 0 Å². The molecule has 0 aliphatic rings. The van der Waals surface area contributed by atoms with E-state index in [1.54, 1.807) is 0 Å². The highest BCUT2D eigenvalue weighted by atomic mass is 35.5. The Bertz CT molecular complexity index is 762. The van der Waals surface area contributed by atoms with Gasteiger partial charge in [0.15, 0.2) is 11.6 Å². The molecule has 0 atom stereocenters. The zero-order valence-corrected chi connectivity index (χ0v) is 13.5. The van der Waals surface area contributed by atoms with E-state index < -0.39 is 23.2 Å². The van der Waals surface area contributed by atoms with E-state index in [9.17, 15) is 13.6 Å². The van der Waals surface area contributed by atoms with Gasteiger partial charge in [-0.25, -0.2) is 19.2 Å². The number of hydroxylamine groups is 1. The molecule has 0 unspecified atom stereocenters. The van der Waals surface area contributed by atoms with Gasteiger partial charge in [-0.2, -0.15) is 0 Å². The lowest BCUT2D eigenvalue weighted by molar-refractivity contribution is 0.0168. The maximum Gasteiger partial charge on any atom is 0.277 e. The predicted molar refractivity (Wildman–Crippen MR) is 84.4 cm³/mol. The van der Waals surface area contributed by atoms with Gasteiger partial charge in [0, 0.05) is 6.20 Å². The molecule has 1 aromatic carbocycles. The molecule has 128 valence electrons. The lowest BCUT2D eigenvalue weighted by Crippen LogP contribution is -2.26. The van der Waals surface area contributed by atoms with Gasteiger partial charge >= 0.3 is 0 Å². The summed E-state index contributed by atoms with van der Waals surface area (Å²) >= 11 is 11.6. The first-order chi connectivity index (χ1) is 11.4. The first-order valence-electron chi connectivity index (χ1n) is 6.53. The van der Waals surface area contributed by atoms with Crippen LogP contribution in [0, 0.1) is 11.6 Å². The molecule has 3 N–H and O–H groups in total. The van der Waals surface area contributed by atoms with Crippen LogP contribution >= 0.6 is 23.2 Å². The molecule has 0 saturated carbocycles. The monoisotopic (exact) mass is 377 g/mol. The van der Waals surface area contributed by atoms with Gasteiger partial charge in [-0.1, -0.05) is 23.2 Å². The molecule has 24 heavy (non-hydrogen) atoms. The summed E-state index contributed by atoms with van der Waals surface area (Å²) in [7, 11) is 0. The second-order valence-corrected chi connectivity index (χ2v) is 5.24. The molecule has 0 bridgehead atoms. The smallest absolute Gasteiger partial charge is 0.277 e. The number of nitrogens with zero attached hydrogens (tertiary/aromatic N) is 1. The van der Waals surface area contributed by atoms with Crippen LogP contribution in [0.25, 0.3) is 0 Å². The Morgan fingerprint density at radius 2 is 2.08 bits per heavy atom. The van der Waals surface area contributed by atoms with E-state index in [0.29, 0.717) is 0 Å². The Hall–Kier alpha value is -2.00. The number of pyridine rings is 1. The van der Waals surface area contributed by atoms with E-state index in [1.807, 2.05) is 5.48 Å². The number of anilines is 2. The molecule has 0 saturated heterocycles. The number of aliphatic hydroxyl groups is 1. The van der Waals surface area contributed by atoms with Crippen molar-refractivity contribution in [3.63, 3.8) is 0 Å². The number of halogens is 4. The summed E-state index contributed by atoms with van der Waals surface area (Å²) in [6.07, 6.45) is 1.25. The van der Waals surface area contributed by atoms with Gasteiger partial charge in [0.25, 0.3) is 5.91 Å². The SMILES string of the molecule is O=C(NOCCO)c1ccc(F)c(F)c1Nc1ncc(Cl)cc1Cl. The number of rotatable bonds is 6. The maximum absolute atomic E-state index is 14.1. The van der Waals surface area contributed by atoms with Gasteiger partial charge in [-0.3, -0.25) is 9.63 Å². The molecule has 6 nitrogen and oxygen atoms in total. The van der Waals surface area contributed by atoms with Gasteiger partial charge < -0.3 is 10.4 Å². The van der Waals surface area contributed by atoms with Crippen LogP contribution in [0.1, 0.15) is 10.4 Å². The van der Waals surface area contributed by atoms with E-state index in [0.717, 1.165) is 12.1 Å². The average molecular weight is 378 g/mol. The summed E-state index contributed by atoms with van der Waals surface area (Å²) in [4.78, 5) is 20.5. The largest absolute Gasteiger partial charge is 0.394 e. The predicted octanol–water partition coefficient (Wildman–Crippen LogP) is 3.06. The standard InChI is InChI=1S/C14H11Cl2F2N3O3/c15-7-5-9(16)13(19-6-7)20-12-8(1-2-10(17)11(12)18)14(23)21-24-4-3-22/h1-2,5-6,22H,3-4H2,(H,19,20)(H,21,23). The second kappa shape index (κ2) is 8.20. The number of carbonyl (C=O) groups excluding carboxylic acids is 1. The number of hydrogen-bond acceptors (Lipinski definition) is 5. The Kier molecular flexibility index (Phi) is 6.27. The highest BCUT2D eigenvalue weighted by molar-refractivity contribution is 6.36. The van der Waals surface area contributed by atoms with Gasteiger partial charge in [-0.15, -0.1) is 0 Å². The number of aromatic nitrogens is 1. The Morgan fingerprint density at radius 3 is 2.75 bits per heavy atom. The summed E-state index contributed by atoms with van der Waals surface area (Å²) in [6.45, 7) is -0.490. The molecule has 10 heteroatoms. The summed E-state index contributed by atoms with van der Waals surface area (Å²) in [5, 5.41) is 11.4. The van der Waals surface area contributed by atoms with E-state index in [-0.39, 0.29) is 34.6 Å². The highest BCUT2D eigenvalue weighted by Gasteiger charge is 2.20. The molecule has 1 aromatic heterocycles. The second-order valence-electron chi connectivity index (χ2n) is 4.40. The fourth-order valence-electron chi connectivity index (χ4n) is 1.70. The van der Waals surface area contributed by atoms with Crippen molar-refractivity contribution in [2.45, 2.75) is 0 Å². The molecule has 0 aliphatic heterocycles. The van der Waals surface area contributed by atoms with Crippen molar-refractivity contribution >= 4 is 40.6 Å². The van der Waals surface area contributed by atoms with E-state index >= 15 is 0 Å². The lowest BCUT2D eigenvalue weighted by Gasteiger charge is -2.14. The van der Waals surface area contributed by atoms with E-state index in [4.69, 9.17) is 28.3 Å². The summed E-state index contributed by atoms with van der Waals surface area (Å²) in [5.41, 5.74) is 1.27. The average Bonchev–Trinajstić information content (AvgIpc) is 2.54. The van der Waals surface area contributed by atoms with Crippen molar-refractivity contribution in [2.24, 2.45) is 0 Å². The summed E-state index contributed by atoms with van der Waals surface area (Å²) in [5.74, 6) is -3.33. The number of aliphatic hydroxyl groups excluding tert-OH is 1. The van der Waals surface area contributed by atoms with Crippen molar-refractivity contribution in [3.05, 3.63) is 51.6 Å². The van der Waals surface area contributed by atoms with Crippen LogP contribution in [-0.2, 0) is 4.84 Å². The minimum atomic E-state index is -1.29. The van der Waals surface area contributed by atoms with Crippen LogP contribution in [0.2, 0.25) is 10.0 Å². The van der Waals surface area contributed by atoms with Gasteiger partial charge in [0.2, 0.25) is 0 Å².